The molecule has 6 nitrogen and oxygen atoms in total. The Balaban J connectivity index is 1.94. The maximum atomic E-state index is 13.5. The van der Waals surface area contributed by atoms with Crippen LogP contribution in [0.1, 0.15) is 0 Å². The van der Waals surface area contributed by atoms with Gasteiger partial charge < -0.3 is 15.4 Å². The molecule has 0 aromatic heterocycles. The van der Waals surface area contributed by atoms with E-state index in [4.69, 9.17) is 4.74 Å². The normalized spacial score (nSPS) is 19.5. The van der Waals surface area contributed by atoms with Crippen molar-refractivity contribution in [1.82, 2.24) is 5.32 Å². The van der Waals surface area contributed by atoms with Gasteiger partial charge in [0.15, 0.2) is 5.82 Å². The summed E-state index contributed by atoms with van der Waals surface area (Å²) in [7, 11) is 0. The van der Waals surface area contributed by atoms with Crippen LogP contribution in [0.3, 0.4) is 0 Å². The van der Waals surface area contributed by atoms with Gasteiger partial charge in [0.1, 0.15) is 0 Å². The highest BCUT2D eigenvalue weighted by Gasteiger charge is 2.14. The van der Waals surface area contributed by atoms with Gasteiger partial charge in [-0.25, -0.2) is 4.39 Å². The molecule has 0 amide bonds. The number of nitro groups is 1. The van der Waals surface area contributed by atoms with E-state index in [9.17, 15) is 14.5 Å². The number of halogens is 1. The summed E-state index contributed by atoms with van der Waals surface area (Å²) < 4.78 is 18.8. The van der Waals surface area contributed by atoms with E-state index in [1.807, 2.05) is 0 Å². The molecule has 98 valence electrons. The minimum Gasteiger partial charge on any atom is -0.381 e. The van der Waals surface area contributed by atoms with E-state index in [2.05, 4.69) is 10.6 Å². The highest BCUT2D eigenvalue weighted by atomic mass is 19.1. The third-order valence-electron chi connectivity index (χ3n) is 2.70. The van der Waals surface area contributed by atoms with E-state index in [0.29, 0.717) is 19.8 Å². The Labute approximate surface area is 103 Å². The molecule has 1 aliphatic heterocycles. The fourth-order valence-electron chi connectivity index (χ4n) is 1.74. The van der Waals surface area contributed by atoms with Crippen LogP contribution in [0.4, 0.5) is 15.8 Å². The number of nitrogens with zero attached hydrogens (tertiary/aromatic N) is 1. The van der Waals surface area contributed by atoms with Gasteiger partial charge in [0.25, 0.3) is 5.69 Å². The molecule has 1 heterocycles. The van der Waals surface area contributed by atoms with Crippen molar-refractivity contribution < 1.29 is 14.1 Å². The molecule has 1 saturated heterocycles. The smallest absolute Gasteiger partial charge is 0.272 e. The van der Waals surface area contributed by atoms with E-state index in [-0.39, 0.29) is 17.4 Å². The summed E-state index contributed by atoms with van der Waals surface area (Å²) in [5.41, 5.74) is 0.00477. The van der Waals surface area contributed by atoms with Gasteiger partial charge in [-0.05, 0) is 6.07 Å². The van der Waals surface area contributed by atoms with Crippen LogP contribution in [0.5, 0.6) is 0 Å². The minimum absolute atomic E-state index is 0.119. The lowest BCUT2D eigenvalue weighted by Crippen LogP contribution is -2.45. The molecule has 2 rings (SSSR count). The van der Waals surface area contributed by atoms with Gasteiger partial charge in [0.2, 0.25) is 0 Å². The van der Waals surface area contributed by atoms with Crippen molar-refractivity contribution in [2.24, 2.45) is 0 Å². The lowest BCUT2D eigenvalue weighted by Gasteiger charge is -2.24. The van der Waals surface area contributed by atoms with Crippen LogP contribution in [0.25, 0.3) is 0 Å². The lowest BCUT2D eigenvalue weighted by molar-refractivity contribution is -0.385. The van der Waals surface area contributed by atoms with E-state index >= 15 is 0 Å². The first-order valence-corrected chi connectivity index (χ1v) is 5.66. The monoisotopic (exact) mass is 255 g/mol. The van der Waals surface area contributed by atoms with Crippen LogP contribution >= 0.6 is 0 Å². The first-order valence-electron chi connectivity index (χ1n) is 5.66. The number of rotatable bonds is 4. The quantitative estimate of drug-likeness (QED) is 0.623. The number of hydrogen-bond donors (Lipinski definition) is 2. The predicted molar refractivity (Wildman–Crippen MR) is 64.2 cm³/mol. The average molecular weight is 255 g/mol. The summed E-state index contributed by atoms with van der Waals surface area (Å²) in [6.07, 6.45) is 0. The van der Waals surface area contributed by atoms with Crippen molar-refractivity contribution in [3.8, 4) is 0 Å². The molecule has 0 spiro atoms. The van der Waals surface area contributed by atoms with Crippen LogP contribution in [-0.2, 0) is 4.74 Å². The molecular formula is C11H14FN3O3. The summed E-state index contributed by atoms with van der Waals surface area (Å²) in [5, 5.41) is 16.6. The second-order valence-corrected chi connectivity index (χ2v) is 4.03. The van der Waals surface area contributed by atoms with Crippen molar-refractivity contribution in [1.29, 1.82) is 0 Å². The zero-order valence-electron chi connectivity index (χ0n) is 9.69. The summed E-state index contributed by atoms with van der Waals surface area (Å²) in [6, 6.07) is 3.67. The Bertz CT molecular complexity index is 436. The molecular weight excluding hydrogens is 241 g/mol. The van der Waals surface area contributed by atoms with Gasteiger partial charge in [-0.15, -0.1) is 0 Å². The Kier molecular flexibility index (Phi) is 4.06. The Hall–Kier alpha value is -1.73. The standard InChI is InChI=1S/C11H14FN3O3/c12-10-5-9(15(16)17)1-2-11(10)14-6-8-7-18-4-3-13-8/h1-2,5,8,13-14H,3-4,6-7H2. The maximum Gasteiger partial charge on any atom is 0.272 e. The van der Waals surface area contributed by atoms with Gasteiger partial charge >= 0.3 is 0 Å². The van der Waals surface area contributed by atoms with Crippen LogP contribution in [0, 0.1) is 15.9 Å². The predicted octanol–water partition coefficient (Wildman–Crippen LogP) is 1.13. The van der Waals surface area contributed by atoms with Crippen molar-refractivity contribution in [2.75, 3.05) is 31.6 Å². The Morgan fingerprint density at radius 2 is 2.44 bits per heavy atom. The van der Waals surface area contributed by atoms with Crippen LogP contribution in [0.15, 0.2) is 18.2 Å². The number of morpholine rings is 1. The van der Waals surface area contributed by atoms with E-state index in [1.165, 1.54) is 12.1 Å². The van der Waals surface area contributed by atoms with Crippen LogP contribution in [0.2, 0.25) is 0 Å². The first kappa shape index (κ1) is 12.7. The second-order valence-electron chi connectivity index (χ2n) is 4.03. The molecule has 1 unspecified atom stereocenters. The summed E-state index contributed by atoms with van der Waals surface area (Å²) >= 11 is 0. The number of nitro benzene ring substituents is 1. The number of nitrogens with one attached hydrogen (secondary N) is 2. The molecule has 2 N–H and O–H groups in total. The molecule has 1 aromatic carbocycles. The number of hydrogen-bond acceptors (Lipinski definition) is 5. The topological polar surface area (TPSA) is 76.4 Å². The average Bonchev–Trinajstić information content (AvgIpc) is 2.38. The molecule has 1 aliphatic rings. The van der Waals surface area contributed by atoms with E-state index in [0.717, 1.165) is 12.6 Å². The number of anilines is 1. The van der Waals surface area contributed by atoms with Gasteiger partial charge in [0.05, 0.1) is 29.9 Å². The highest BCUT2D eigenvalue weighted by molar-refractivity contribution is 5.50. The largest absolute Gasteiger partial charge is 0.381 e. The fourth-order valence-corrected chi connectivity index (χ4v) is 1.74. The number of non-ortho nitro benzene ring substituents is 1. The summed E-state index contributed by atoms with van der Waals surface area (Å²) in [4.78, 5) is 9.84. The molecule has 0 aliphatic carbocycles. The SMILES string of the molecule is O=[N+]([O-])c1ccc(NCC2COCCN2)c(F)c1. The van der Waals surface area contributed by atoms with Crippen molar-refractivity contribution >= 4 is 11.4 Å². The van der Waals surface area contributed by atoms with Crippen molar-refractivity contribution in [3.63, 3.8) is 0 Å². The second kappa shape index (κ2) is 5.74. The zero-order valence-corrected chi connectivity index (χ0v) is 9.69. The Morgan fingerprint density at radius 3 is 3.06 bits per heavy atom. The molecule has 0 bridgehead atoms. The molecule has 1 atom stereocenters. The number of ether oxygens (including phenoxy) is 1. The molecule has 0 radical (unpaired) electrons. The zero-order chi connectivity index (χ0) is 13.0. The highest BCUT2D eigenvalue weighted by Crippen LogP contribution is 2.20. The fraction of sp³-hybridized carbons (Fsp3) is 0.455. The third-order valence-corrected chi connectivity index (χ3v) is 2.70. The molecule has 1 aromatic rings. The van der Waals surface area contributed by atoms with Crippen LogP contribution in [-0.4, -0.2) is 37.3 Å². The molecule has 1 fully saturated rings. The summed E-state index contributed by atoms with van der Waals surface area (Å²) in [5.74, 6) is -0.624. The summed E-state index contributed by atoms with van der Waals surface area (Å²) in [6.45, 7) is 2.54. The molecule has 7 heteroatoms. The molecule has 0 saturated carbocycles. The minimum atomic E-state index is -0.624. The molecule has 18 heavy (non-hydrogen) atoms. The van der Waals surface area contributed by atoms with E-state index in [1.54, 1.807) is 0 Å². The first-order chi connectivity index (χ1) is 8.66. The van der Waals surface area contributed by atoms with Gasteiger partial charge in [-0.2, -0.15) is 0 Å². The number of benzene rings is 1. The van der Waals surface area contributed by atoms with Crippen molar-refractivity contribution in [2.45, 2.75) is 6.04 Å². The van der Waals surface area contributed by atoms with Crippen molar-refractivity contribution in [3.05, 3.63) is 34.1 Å². The van der Waals surface area contributed by atoms with Gasteiger partial charge in [-0.3, -0.25) is 10.1 Å². The van der Waals surface area contributed by atoms with Gasteiger partial charge in [0, 0.05) is 25.2 Å². The Morgan fingerprint density at radius 1 is 1.61 bits per heavy atom. The van der Waals surface area contributed by atoms with Crippen LogP contribution < -0.4 is 10.6 Å². The lowest BCUT2D eigenvalue weighted by atomic mass is 10.2. The third kappa shape index (κ3) is 3.14. The maximum absolute atomic E-state index is 13.5. The van der Waals surface area contributed by atoms with E-state index < -0.39 is 10.7 Å². The van der Waals surface area contributed by atoms with Gasteiger partial charge in [-0.1, -0.05) is 0 Å².